The summed E-state index contributed by atoms with van der Waals surface area (Å²) < 4.78 is 10.9. The van der Waals surface area contributed by atoms with Crippen molar-refractivity contribution in [2.75, 3.05) is 6.61 Å². The minimum atomic E-state index is -0.642. The first-order valence-corrected chi connectivity index (χ1v) is 9.45. The topological polar surface area (TPSA) is 64.6 Å². The molecule has 3 aromatic rings. The maximum Gasteiger partial charge on any atom is 0.342 e. The van der Waals surface area contributed by atoms with E-state index in [0.29, 0.717) is 16.5 Å². The molecule has 1 amide bonds. The fourth-order valence-electron chi connectivity index (χ4n) is 2.74. The summed E-state index contributed by atoms with van der Waals surface area (Å²) in [5.74, 6) is -0.114. The van der Waals surface area contributed by atoms with Gasteiger partial charge in [0.2, 0.25) is 0 Å². The molecular weight excluding hydrogens is 390 g/mol. The normalized spacial score (nSPS) is 11.4. The lowest BCUT2D eigenvalue weighted by Gasteiger charge is -2.16. The van der Waals surface area contributed by atoms with Gasteiger partial charge in [-0.05, 0) is 42.8 Å². The summed E-state index contributed by atoms with van der Waals surface area (Å²) in [6.45, 7) is 1.40. The predicted octanol–water partition coefficient (Wildman–Crippen LogP) is 5.17. The van der Waals surface area contributed by atoms with Crippen LogP contribution in [0.4, 0.5) is 0 Å². The highest BCUT2D eigenvalue weighted by Crippen LogP contribution is 2.26. The molecule has 0 aliphatic carbocycles. The van der Waals surface area contributed by atoms with Gasteiger partial charge in [-0.2, -0.15) is 0 Å². The summed E-state index contributed by atoms with van der Waals surface area (Å²) in [7, 11) is 0. The molecule has 1 N–H and O–H groups in total. The Morgan fingerprint density at radius 1 is 0.931 bits per heavy atom. The second-order valence-electron chi connectivity index (χ2n) is 6.30. The van der Waals surface area contributed by atoms with Crippen LogP contribution in [0.15, 0.2) is 78.9 Å². The first kappa shape index (κ1) is 20.4. The molecule has 3 rings (SSSR count). The number of esters is 1. The monoisotopic (exact) mass is 409 g/mol. The molecule has 0 radical (unpaired) electrons. The maximum absolute atomic E-state index is 12.5. The van der Waals surface area contributed by atoms with Gasteiger partial charge in [0, 0.05) is 5.02 Å². The van der Waals surface area contributed by atoms with Crippen LogP contribution >= 0.6 is 11.6 Å². The lowest BCUT2D eigenvalue weighted by atomic mass is 10.1. The molecule has 0 aliphatic rings. The number of nitrogens with one attached hydrogen (secondary N) is 1. The van der Waals surface area contributed by atoms with E-state index in [1.165, 1.54) is 0 Å². The maximum atomic E-state index is 12.5. The standard InChI is InChI=1S/C23H20ClNO4/c1-16(18-11-5-7-13-20(18)24)25-22(26)15-28-23(27)19-12-6-8-14-21(19)29-17-9-3-2-4-10-17/h2-14,16H,15H2,1H3,(H,25,26)/t16-/m0/s1. The van der Waals surface area contributed by atoms with Gasteiger partial charge in [0.15, 0.2) is 6.61 Å². The number of carbonyl (C=O) groups is 2. The number of ether oxygens (including phenoxy) is 2. The van der Waals surface area contributed by atoms with Crippen LogP contribution in [0.25, 0.3) is 0 Å². The van der Waals surface area contributed by atoms with Crippen molar-refractivity contribution >= 4 is 23.5 Å². The van der Waals surface area contributed by atoms with Crippen molar-refractivity contribution in [3.05, 3.63) is 95.0 Å². The smallest absolute Gasteiger partial charge is 0.342 e. The third kappa shape index (κ3) is 5.59. The fourth-order valence-corrected chi connectivity index (χ4v) is 3.04. The van der Waals surface area contributed by atoms with E-state index < -0.39 is 18.5 Å². The van der Waals surface area contributed by atoms with Crippen molar-refractivity contribution in [3.8, 4) is 11.5 Å². The van der Waals surface area contributed by atoms with Crippen molar-refractivity contribution < 1.29 is 19.1 Å². The lowest BCUT2D eigenvalue weighted by molar-refractivity contribution is -0.124. The van der Waals surface area contributed by atoms with Crippen LogP contribution in [0.1, 0.15) is 28.9 Å². The molecule has 29 heavy (non-hydrogen) atoms. The fraction of sp³-hybridized carbons (Fsp3) is 0.130. The number of hydrogen-bond acceptors (Lipinski definition) is 4. The highest BCUT2D eigenvalue weighted by atomic mass is 35.5. The second kappa shape index (κ2) is 9.75. The van der Waals surface area contributed by atoms with E-state index in [-0.39, 0.29) is 11.6 Å². The third-order valence-electron chi connectivity index (χ3n) is 4.16. The molecule has 3 aromatic carbocycles. The van der Waals surface area contributed by atoms with Crippen LogP contribution in [0.3, 0.4) is 0 Å². The number of hydrogen-bond donors (Lipinski definition) is 1. The molecule has 148 valence electrons. The zero-order chi connectivity index (χ0) is 20.6. The van der Waals surface area contributed by atoms with E-state index in [1.807, 2.05) is 43.3 Å². The average molecular weight is 410 g/mol. The molecule has 0 bridgehead atoms. The van der Waals surface area contributed by atoms with Crippen LogP contribution in [0.2, 0.25) is 5.02 Å². The van der Waals surface area contributed by atoms with E-state index in [4.69, 9.17) is 21.1 Å². The van der Waals surface area contributed by atoms with E-state index in [1.54, 1.807) is 42.5 Å². The average Bonchev–Trinajstić information content (AvgIpc) is 2.73. The summed E-state index contributed by atoms with van der Waals surface area (Å²) in [5.41, 5.74) is 1.03. The third-order valence-corrected chi connectivity index (χ3v) is 4.51. The summed E-state index contributed by atoms with van der Waals surface area (Å²) in [4.78, 5) is 24.7. The van der Waals surface area contributed by atoms with Gasteiger partial charge < -0.3 is 14.8 Å². The van der Waals surface area contributed by atoms with Crippen molar-refractivity contribution in [2.24, 2.45) is 0 Å². The summed E-state index contributed by atoms with van der Waals surface area (Å²) >= 11 is 6.14. The van der Waals surface area contributed by atoms with Gasteiger partial charge in [-0.15, -0.1) is 0 Å². The van der Waals surface area contributed by atoms with Crippen molar-refractivity contribution in [1.29, 1.82) is 0 Å². The Morgan fingerprint density at radius 3 is 2.34 bits per heavy atom. The highest BCUT2D eigenvalue weighted by Gasteiger charge is 2.17. The molecule has 1 atom stereocenters. The van der Waals surface area contributed by atoms with Crippen LogP contribution in [0, 0.1) is 0 Å². The largest absolute Gasteiger partial charge is 0.456 e. The summed E-state index contributed by atoms with van der Waals surface area (Å²) in [6.07, 6.45) is 0. The van der Waals surface area contributed by atoms with E-state index in [0.717, 1.165) is 5.56 Å². The van der Waals surface area contributed by atoms with Gasteiger partial charge in [-0.3, -0.25) is 4.79 Å². The van der Waals surface area contributed by atoms with E-state index in [9.17, 15) is 9.59 Å². The molecule has 0 saturated carbocycles. The Balaban J connectivity index is 1.59. The number of para-hydroxylation sites is 2. The molecule has 0 aromatic heterocycles. The number of rotatable bonds is 7. The van der Waals surface area contributed by atoms with Crippen LogP contribution in [-0.2, 0) is 9.53 Å². The Bertz CT molecular complexity index is 991. The van der Waals surface area contributed by atoms with E-state index in [2.05, 4.69) is 5.32 Å². The first-order valence-electron chi connectivity index (χ1n) is 9.07. The van der Waals surface area contributed by atoms with Crippen molar-refractivity contribution in [1.82, 2.24) is 5.32 Å². The molecule has 0 saturated heterocycles. The second-order valence-corrected chi connectivity index (χ2v) is 6.71. The van der Waals surface area contributed by atoms with Gasteiger partial charge >= 0.3 is 5.97 Å². The zero-order valence-corrected chi connectivity index (χ0v) is 16.6. The van der Waals surface area contributed by atoms with Gasteiger partial charge in [0.25, 0.3) is 5.91 Å². The number of carbonyl (C=O) groups excluding carboxylic acids is 2. The lowest BCUT2D eigenvalue weighted by Crippen LogP contribution is -2.31. The van der Waals surface area contributed by atoms with Crippen LogP contribution < -0.4 is 10.1 Å². The molecule has 5 nitrogen and oxygen atoms in total. The Kier molecular flexibility index (Phi) is 6.87. The van der Waals surface area contributed by atoms with Gasteiger partial charge in [-0.25, -0.2) is 4.79 Å². The Morgan fingerprint density at radius 2 is 1.59 bits per heavy atom. The van der Waals surface area contributed by atoms with Gasteiger partial charge in [-0.1, -0.05) is 60.1 Å². The van der Waals surface area contributed by atoms with Gasteiger partial charge in [0.1, 0.15) is 17.1 Å². The van der Waals surface area contributed by atoms with Crippen LogP contribution in [0.5, 0.6) is 11.5 Å². The quantitative estimate of drug-likeness (QED) is 0.547. The highest BCUT2D eigenvalue weighted by molar-refractivity contribution is 6.31. The van der Waals surface area contributed by atoms with Crippen LogP contribution in [-0.4, -0.2) is 18.5 Å². The van der Waals surface area contributed by atoms with E-state index >= 15 is 0 Å². The summed E-state index contributed by atoms with van der Waals surface area (Å²) in [6, 6.07) is 22.7. The Hall–Kier alpha value is -3.31. The molecular formula is C23H20ClNO4. The Labute approximate surface area is 174 Å². The number of benzene rings is 3. The SMILES string of the molecule is C[C@H](NC(=O)COC(=O)c1ccccc1Oc1ccccc1)c1ccccc1Cl. The zero-order valence-electron chi connectivity index (χ0n) is 15.8. The number of amides is 1. The molecule has 0 unspecified atom stereocenters. The minimum absolute atomic E-state index is 0.239. The van der Waals surface area contributed by atoms with Crippen molar-refractivity contribution in [3.63, 3.8) is 0 Å². The molecule has 6 heteroatoms. The number of halogens is 1. The van der Waals surface area contributed by atoms with Crippen molar-refractivity contribution in [2.45, 2.75) is 13.0 Å². The van der Waals surface area contributed by atoms with Gasteiger partial charge in [0.05, 0.1) is 6.04 Å². The molecule has 0 spiro atoms. The molecule has 0 fully saturated rings. The minimum Gasteiger partial charge on any atom is -0.456 e. The predicted molar refractivity (Wildman–Crippen MR) is 111 cm³/mol. The molecule has 0 aliphatic heterocycles. The first-order chi connectivity index (χ1) is 14.0. The molecule has 0 heterocycles. The summed E-state index contributed by atoms with van der Waals surface area (Å²) in [5, 5.41) is 3.33.